The predicted octanol–water partition coefficient (Wildman–Crippen LogP) is 3.95. The molecule has 2 rings (SSSR count). The number of hydrogen-bond acceptors (Lipinski definition) is 5. The summed E-state index contributed by atoms with van der Waals surface area (Å²) in [5.74, 6) is -0.419. The van der Waals surface area contributed by atoms with E-state index in [1.807, 2.05) is 19.9 Å². The van der Waals surface area contributed by atoms with Gasteiger partial charge in [0.05, 0.1) is 17.0 Å². The number of ether oxygens (including phenoxy) is 2. The van der Waals surface area contributed by atoms with Crippen LogP contribution in [0.25, 0.3) is 0 Å². The molecule has 0 spiro atoms. The second-order valence-electron chi connectivity index (χ2n) is 7.08. The smallest absolute Gasteiger partial charge is 0.420 e. The first-order valence-electron chi connectivity index (χ1n) is 8.08. The van der Waals surface area contributed by atoms with Gasteiger partial charge < -0.3 is 9.47 Å². The van der Waals surface area contributed by atoms with Gasteiger partial charge in [-0.15, -0.1) is 0 Å². The minimum Gasteiger partial charge on any atom is -0.456 e. The summed E-state index contributed by atoms with van der Waals surface area (Å²) in [6.07, 6.45) is 0.869. The lowest BCUT2D eigenvalue weighted by Gasteiger charge is -2.19. The molecule has 0 amide bonds. The monoisotopic (exact) mass is 344 g/mol. The molecule has 0 fully saturated rings. The van der Waals surface area contributed by atoms with Crippen LogP contribution in [0.5, 0.6) is 0 Å². The number of aromatic nitrogens is 2. The van der Waals surface area contributed by atoms with E-state index >= 15 is 0 Å². The molecular formula is C19H24N2O4. The van der Waals surface area contributed by atoms with Gasteiger partial charge in [0.15, 0.2) is 0 Å². The van der Waals surface area contributed by atoms with Crippen molar-refractivity contribution in [1.82, 2.24) is 9.55 Å². The summed E-state index contributed by atoms with van der Waals surface area (Å²) < 4.78 is 12.0. The topological polar surface area (TPSA) is 70.4 Å². The molecule has 0 aliphatic heterocycles. The highest BCUT2D eigenvalue weighted by Crippen LogP contribution is 2.15. The average molecular weight is 344 g/mol. The largest absolute Gasteiger partial charge is 0.456 e. The van der Waals surface area contributed by atoms with Gasteiger partial charge in [-0.1, -0.05) is 17.2 Å². The third-order valence-corrected chi connectivity index (χ3v) is 3.50. The van der Waals surface area contributed by atoms with Crippen molar-refractivity contribution >= 4 is 12.1 Å². The fourth-order valence-electron chi connectivity index (χ4n) is 2.39. The number of hydrogen-bond donors (Lipinski definition) is 0. The molecule has 2 aromatic rings. The minimum atomic E-state index is -0.594. The van der Waals surface area contributed by atoms with E-state index in [1.54, 1.807) is 39.8 Å². The fraction of sp³-hybridized carbons (Fsp3) is 0.421. The van der Waals surface area contributed by atoms with Crippen molar-refractivity contribution < 1.29 is 19.1 Å². The molecule has 0 aliphatic carbocycles. The van der Waals surface area contributed by atoms with E-state index in [0.29, 0.717) is 17.0 Å². The van der Waals surface area contributed by atoms with E-state index in [-0.39, 0.29) is 6.61 Å². The Morgan fingerprint density at radius 3 is 2.24 bits per heavy atom. The van der Waals surface area contributed by atoms with Crippen LogP contribution in [0.1, 0.15) is 53.6 Å². The molecule has 0 saturated heterocycles. The maximum absolute atomic E-state index is 12.2. The molecule has 6 nitrogen and oxygen atoms in total. The normalized spacial score (nSPS) is 11.3. The Kier molecular flexibility index (Phi) is 5.30. The van der Waals surface area contributed by atoms with Crippen molar-refractivity contribution in [1.29, 1.82) is 0 Å². The maximum Gasteiger partial charge on any atom is 0.420 e. The number of aryl methyl sites for hydroxylation is 2. The van der Waals surface area contributed by atoms with Crippen LogP contribution in [-0.4, -0.2) is 27.2 Å². The molecule has 1 aromatic heterocycles. The molecule has 0 aliphatic rings. The molecule has 0 atom stereocenters. The summed E-state index contributed by atoms with van der Waals surface area (Å²) in [7, 11) is 0. The number of nitrogens with zero attached hydrogens (tertiary/aromatic N) is 2. The Hall–Kier alpha value is -2.63. The second kappa shape index (κ2) is 7.09. The number of carbonyl (C=O) groups excluding carboxylic acids is 2. The minimum absolute atomic E-state index is 0.00649. The van der Waals surface area contributed by atoms with Gasteiger partial charge >= 0.3 is 12.1 Å². The van der Waals surface area contributed by atoms with Crippen molar-refractivity contribution in [2.45, 2.75) is 53.8 Å². The molecule has 0 radical (unpaired) electrons. The van der Waals surface area contributed by atoms with Crippen LogP contribution < -0.4 is 0 Å². The lowest BCUT2D eigenvalue weighted by Crippen LogP contribution is -2.27. The number of imidazole rings is 1. The number of carbonyl (C=O) groups is 2. The van der Waals surface area contributed by atoms with Crippen LogP contribution in [0.4, 0.5) is 4.79 Å². The zero-order chi connectivity index (χ0) is 18.8. The Bertz CT molecular complexity index is 780. The lowest BCUT2D eigenvalue weighted by molar-refractivity contribution is 0.0467. The van der Waals surface area contributed by atoms with Gasteiger partial charge in [-0.25, -0.2) is 19.1 Å². The first-order chi connectivity index (χ1) is 11.6. The highest BCUT2D eigenvalue weighted by atomic mass is 16.6. The molecule has 0 unspecified atom stereocenters. The zero-order valence-corrected chi connectivity index (χ0v) is 15.5. The SMILES string of the molecule is Cc1cc(C)cc(C(=O)OCc2ncn(C(=O)OC(C)(C)C)c2C)c1. The third kappa shape index (κ3) is 4.92. The van der Waals surface area contributed by atoms with E-state index < -0.39 is 17.7 Å². The van der Waals surface area contributed by atoms with Crippen molar-refractivity contribution in [2.24, 2.45) is 0 Å². The Morgan fingerprint density at radius 1 is 1.08 bits per heavy atom. The Balaban J connectivity index is 2.06. The van der Waals surface area contributed by atoms with E-state index in [2.05, 4.69) is 4.98 Å². The van der Waals surface area contributed by atoms with Gasteiger partial charge in [0.2, 0.25) is 0 Å². The number of rotatable bonds is 3. The van der Waals surface area contributed by atoms with E-state index in [0.717, 1.165) is 11.1 Å². The molecule has 1 heterocycles. The van der Waals surface area contributed by atoms with Gasteiger partial charge in [-0.3, -0.25) is 0 Å². The van der Waals surface area contributed by atoms with Crippen molar-refractivity contribution in [3.63, 3.8) is 0 Å². The standard InChI is InChI=1S/C19H24N2O4/c1-12-7-13(2)9-15(8-12)17(22)24-10-16-14(3)21(11-20-16)18(23)25-19(4,5)6/h7-9,11H,10H2,1-6H3. The van der Waals surface area contributed by atoms with Crippen LogP contribution in [-0.2, 0) is 16.1 Å². The average Bonchev–Trinajstić information content (AvgIpc) is 2.83. The van der Waals surface area contributed by atoms with Gasteiger partial charge in [0, 0.05) is 0 Å². The Morgan fingerprint density at radius 2 is 1.68 bits per heavy atom. The molecule has 6 heteroatoms. The summed E-state index contributed by atoms with van der Waals surface area (Å²) in [5.41, 5.74) is 3.01. The van der Waals surface area contributed by atoms with Gasteiger partial charge in [-0.05, 0) is 53.7 Å². The van der Waals surface area contributed by atoms with Crippen molar-refractivity contribution in [2.75, 3.05) is 0 Å². The molecule has 1 aromatic carbocycles. The van der Waals surface area contributed by atoms with Crippen LogP contribution in [0.3, 0.4) is 0 Å². The van der Waals surface area contributed by atoms with E-state index in [1.165, 1.54) is 10.9 Å². The lowest BCUT2D eigenvalue weighted by atomic mass is 10.1. The number of benzene rings is 1. The first kappa shape index (κ1) is 18.7. The van der Waals surface area contributed by atoms with Gasteiger partial charge in [0.1, 0.15) is 18.5 Å². The van der Waals surface area contributed by atoms with E-state index in [4.69, 9.17) is 9.47 Å². The van der Waals surface area contributed by atoms with Gasteiger partial charge in [0.25, 0.3) is 0 Å². The van der Waals surface area contributed by atoms with Crippen LogP contribution in [0.2, 0.25) is 0 Å². The quantitative estimate of drug-likeness (QED) is 0.789. The molecular weight excluding hydrogens is 320 g/mol. The summed E-state index contributed by atoms with van der Waals surface area (Å²) in [4.78, 5) is 28.5. The summed E-state index contributed by atoms with van der Waals surface area (Å²) >= 11 is 0. The Labute approximate surface area is 147 Å². The molecule has 0 saturated carbocycles. The summed E-state index contributed by atoms with van der Waals surface area (Å²) in [6.45, 7) is 11.0. The van der Waals surface area contributed by atoms with Crippen LogP contribution >= 0.6 is 0 Å². The first-order valence-corrected chi connectivity index (χ1v) is 8.08. The fourth-order valence-corrected chi connectivity index (χ4v) is 2.39. The second-order valence-corrected chi connectivity index (χ2v) is 7.08. The summed E-state index contributed by atoms with van der Waals surface area (Å²) in [5, 5.41) is 0. The molecule has 134 valence electrons. The van der Waals surface area contributed by atoms with Crippen LogP contribution in [0.15, 0.2) is 24.5 Å². The highest BCUT2D eigenvalue weighted by molar-refractivity contribution is 5.89. The molecule has 0 bridgehead atoms. The van der Waals surface area contributed by atoms with Gasteiger partial charge in [-0.2, -0.15) is 0 Å². The highest BCUT2D eigenvalue weighted by Gasteiger charge is 2.21. The maximum atomic E-state index is 12.2. The predicted molar refractivity (Wildman–Crippen MR) is 93.6 cm³/mol. The molecule has 0 N–H and O–H groups in total. The van der Waals surface area contributed by atoms with E-state index in [9.17, 15) is 9.59 Å². The molecule has 25 heavy (non-hydrogen) atoms. The van der Waals surface area contributed by atoms with Crippen molar-refractivity contribution in [3.05, 3.63) is 52.6 Å². The van der Waals surface area contributed by atoms with Crippen LogP contribution in [0, 0.1) is 20.8 Å². The zero-order valence-electron chi connectivity index (χ0n) is 15.5. The van der Waals surface area contributed by atoms with Crippen molar-refractivity contribution in [3.8, 4) is 0 Å². The number of esters is 1. The summed E-state index contributed by atoms with van der Waals surface area (Å²) in [6, 6.07) is 5.55. The third-order valence-electron chi connectivity index (χ3n) is 3.50.